The third-order valence-electron chi connectivity index (χ3n) is 3.86. The maximum Gasteiger partial charge on any atom is 0.245 e. The van der Waals surface area contributed by atoms with Gasteiger partial charge < -0.3 is 10.6 Å². The van der Waals surface area contributed by atoms with Gasteiger partial charge in [0.1, 0.15) is 6.33 Å². The number of H-pyrrole nitrogens is 1. The molecule has 1 saturated heterocycles. The summed E-state index contributed by atoms with van der Waals surface area (Å²) in [5, 5.41) is 7.26. The monoisotopic (exact) mass is 273 g/mol. The molecule has 0 radical (unpaired) electrons. The molecule has 0 spiro atoms. The highest BCUT2D eigenvalue weighted by Crippen LogP contribution is 2.30. The summed E-state index contributed by atoms with van der Waals surface area (Å²) in [5.41, 5.74) is 6.87. The van der Waals surface area contributed by atoms with E-state index < -0.39 is 0 Å². The average Bonchev–Trinajstić information content (AvgIpc) is 2.98. The van der Waals surface area contributed by atoms with Gasteiger partial charge in [0.05, 0.1) is 5.56 Å². The first-order valence-corrected chi connectivity index (χ1v) is 6.83. The summed E-state index contributed by atoms with van der Waals surface area (Å²) < 4.78 is 0. The van der Waals surface area contributed by atoms with E-state index in [4.69, 9.17) is 5.73 Å². The molecule has 7 nitrogen and oxygen atoms in total. The van der Waals surface area contributed by atoms with E-state index in [0.717, 1.165) is 37.4 Å². The van der Waals surface area contributed by atoms with E-state index in [1.54, 1.807) is 12.4 Å². The maximum absolute atomic E-state index is 5.88. The Labute approximate surface area is 117 Å². The van der Waals surface area contributed by atoms with Crippen molar-refractivity contribution >= 4 is 5.95 Å². The summed E-state index contributed by atoms with van der Waals surface area (Å²) in [6.45, 7) is 4.77. The molecule has 0 bridgehead atoms. The number of nitrogens with zero attached hydrogens (tertiary/aromatic N) is 5. The SMILES string of the molecule is CC1(CN)CCCN(c2n[nH]c(-c3cncnc3)n2)C1. The van der Waals surface area contributed by atoms with Crippen LogP contribution in [0, 0.1) is 5.41 Å². The zero-order valence-electron chi connectivity index (χ0n) is 11.6. The number of hydrogen-bond donors (Lipinski definition) is 2. The van der Waals surface area contributed by atoms with Gasteiger partial charge in [0.25, 0.3) is 0 Å². The molecule has 1 unspecified atom stereocenters. The number of piperidine rings is 1. The second-order valence-corrected chi connectivity index (χ2v) is 5.65. The number of rotatable bonds is 3. The van der Waals surface area contributed by atoms with Gasteiger partial charge in [0.15, 0.2) is 5.82 Å². The molecule has 0 saturated carbocycles. The number of anilines is 1. The molecular formula is C13H19N7. The normalized spacial score (nSPS) is 23.0. The molecule has 1 aliphatic heterocycles. The number of nitrogens with two attached hydrogens (primary N) is 1. The van der Waals surface area contributed by atoms with Gasteiger partial charge in [-0.25, -0.2) is 9.97 Å². The lowest BCUT2D eigenvalue weighted by Gasteiger charge is -2.39. The Morgan fingerprint density at radius 2 is 2.20 bits per heavy atom. The maximum atomic E-state index is 5.88. The summed E-state index contributed by atoms with van der Waals surface area (Å²) >= 11 is 0. The van der Waals surface area contributed by atoms with Gasteiger partial charge >= 0.3 is 0 Å². The van der Waals surface area contributed by atoms with Gasteiger partial charge in [0.2, 0.25) is 5.95 Å². The minimum absolute atomic E-state index is 0.148. The lowest BCUT2D eigenvalue weighted by atomic mass is 9.82. The van der Waals surface area contributed by atoms with Crippen LogP contribution in [0.5, 0.6) is 0 Å². The van der Waals surface area contributed by atoms with Crippen LogP contribution >= 0.6 is 0 Å². The summed E-state index contributed by atoms with van der Waals surface area (Å²) in [7, 11) is 0. The van der Waals surface area contributed by atoms with Crippen LogP contribution in [0.2, 0.25) is 0 Å². The van der Waals surface area contributed by atoms with E-state index in [-0.39, 0.29) is 5.41 Å². The van der Waals surface area contributed by atoms with Crippen molar-refractivity contribution < 1.29 is 0 Å². The fraction of sp³-hybridized carbons (Fsp3) is 0.538. The molecule has 0 aliphatic carbocycles. The molecule has 2 aromatic heterocycles. The summed E-state index contributed by atoms with van der Waals surface area (Å²) in [6, 6.07) is 0. The van der Waals surface area contributed by atoms with Crippen molar-refractivity contribution in [3.05, 3.63) is 18.7 Å². The van der Waals surface area contributed by atoms with Crippen LogP contribution in [0.1, 0.15) is 19.8 Å². The number of hydrogen-bond acceptors (Lipinski definition) is 6. The molecule has 0 aromatic carbocycles. The van der Waals surface area contributed by atoms with Crippen molar-refractivity contribution in [3.63, 3.8) is 0 Å². The average molecular weight is 273 g/mol. The molecule has 2 aromatic rings. The third kappa shape index (κ3) is 2.49. The third-order valence-corrected chi connectivity index (χ3v) is 3.86. The molecule has 7 heteroatoms. The Balaban J connectivity index is 1.80. The predicted molar refractivity (Wildman–Crippen MR) is 76.0 cm³/mol. The highest BCUT2D eigenvalue weighted by Gasteiger charge is 2.31. The highest BCUT2D eigenvalue weighted by atomic mass is 15.4. The minimum Gasteiger partial charge on any atom is -0.339 e. The van der Waals surface area contributed by atoms with E-state index in [9.17, 15) is 0 Å². The van der Waals surface area contributed by atoms with E-state index >= 15 is 0 Å². The zero-order valence-corrected chi connectivity index (χ0v) is 11.6. The van der Waals surface area contributed by atoms with Crippen molar-refractivity contribution in [1.29, 1.82) is 0 Å². The first-order valence-electron chi connectivity index (χ1n) is 6.83. The Morgan fingerprint density at radius 1 is 1.40 bits per heavy atom. The fourth-order valence-corrected chi connectivity index (χ4v) is 2.60. The number of aromatic amines is 1. The second kappa shape index (κ2) is 5.16. The molecule has 106 valence electrons. The van der Waals surface area contributed by atoms with Crippen molar-refractivity contribution in [1.82, 2.24) is 25.1 Å². The van der Waals surface area contributed by atoms with Gasteiger partial charge in [-0.05, 0) is 24.8 Å². The minimum atomic E-state index is 0.148. The Morgan fingerprint density at radius 3 is 2.95 bits per heavy atom. The van der Waals surface area contributed by atoms with Crippen LogP contribution < -0.4 is 10.6 Å². The molecule has 1 aliphatic rings. The lowest BCUT2D eigenvalue weighted by Crippen LogP contribution is -2.46. The summed E-state index contributed by atoms with van der Waals surface area (Å²) in [4.78, 5) is 14.7. The van der Waals surface area contributed by atoms with Crippen molar-refractivity contribution in [3.8, 4) is 11.4 Å². The molecule has 1 atom stereocenters. The first-order chi connectivity index (χ1) is 9.70. The van der Waals surface area contributed by atoms with Gasteiger partial charge in [-0.2, -0.15) is 4.98 Å². The summed E-state index contributed by atoms with van der Waals surface area (Å²) in [5.74, 6) is 1.42. The van der Waals surface area contributed by atoms with E-state index in [1.165, 1.54) is 6.33 Å². The van der Waals surface area contributed by atoms with Crippen LogP contribution in [0.15, 0.2) is 18.7 Å². The van der Waals surface area contributed by atoms with Crippen LogP contribution in [0.3, 0.4) is 0 Å². The zero-order chi connectivity index (χ0) is 14.0. The molecule has 20 heavy (non-hydrogen) atoms. The second-order valence-electron chi connectivity index (χ2n) is 5.65. The molecule has 0 amide bonds. The first kappa shape index (κ1) is 13.0. The molecule has 3 rings (SSSR count). The Bertz CT molecular complexity index is 567. The van der Waals surface area contributed by atoms with Gasteiger partial charge in [-0.1, -0.05) is 6.92 Å². The number of aromatic nitrogens is 5. The van der Waals surface area contributed by atoms with Crippen LogP contribution in [0.4, 0.5) is 5.95 Å². The smallest absolute Gasteiger partial charge is 0.245 e. The number of nitrogens with one attached hydrogen (secondary N) is 1. The highest BCUT2D eigenvalue weighted by molar-refractivity contribution is 5.53. The molecule has 3 N–H and O–H groups in total. The molecule has 3 heterocycles. The Kier molecular flexibility index (Phi) is 3.35. The van der Waals surface area contributed by atoms with Gasteiger partial charge in [-0.3, -0.25) is 5.10 Å². The van der Waals surface area contributed by atoms with Crippen molar-refractivity contribution in [2.45, 2.75) is 19.8 Å². The van der Waals surface area contributed by atoms with E-state index in [2.05, 4.69) is 37.0 Å². The molecular weight excluding hydrogens is 254 g/mol. The van der Waals surface area contributed by atoms with Crippen LogP contribution in [-0.2, 0) is 0 Å². The van der Waals surface area contributed by atoms with Gasteiger partial charge in [-0.15, -0.1) is 5.10 Å². The standard InChI is InChI=1S/C13H19N7/c1-13(7-14)3-2-4-20(8-13)12-17-11(18-19-12)10-5-15-9-16-6-10/h5-6,9H,2-4,7-8,14H2,1H3,(H,17,18,19). The predicted octanol–water partition coefficient (Wildman–Crippen LogP) is 0.827. The largest absolute Gasteiger partial charge is 0.339 e. The van der Waals surface area contributed by atoms with Gasteiger partial charge in [0, 0.05) is 25.5 Å². The van der Waals surface area contributed by atoms with E-state index in [1.807, 2.05) is 0 Å². The summed E-state index contributed by atoms with van der Waals surface area (Å²) in [6.07, 6.45) is 7.21. The van der Waals surface area contributed by atoms with Crippen LogP contribution in [0.25, 0.3) is 11.4 Å². The molecule has 1 fully saturated rings. The lowest BCUT2D eigenvalue weighted by molar-refractivity contribution is 0.270. The Hall–Kier alpha value is -2.02. The topological polar surface area (TPSA) is 96.6 Å². The van der Waals surface area contributed by atoms with Crippen LogP contribution in [-0.4, -0.2) is 44.8 Å². The quantitative estimate of drug-likeness (QED) is 0.859. The van der Waals surface area contributed by atoms with Crippen molar-refractivity contribution in [2.24, 2.45) is 11.1 Å². The fourth-order valence-electron chi connectivity index (χ4n) is 2.60. The van der Waals surface area contributed by atoms with Crippen molar-refractivity contribution in [2.75, 3.05) is 24.5 Å². The van der Waals surface area contributed by atoms with E-state index in [0.29, 0.717) is 12.4 Å².